The van der Waals surface area contributed by atoms with E-state index >= 15 is 0 Å². The third-order valence-corrected chi connectivity index (χ3v) is 4.68. The lowest BCUT2D eigenvalue weighted by Gasteiger charge is -2.26. The zero-order valence-electron chi connectivity index (χ0n) is 17.1. The Balaban J connectivity index is 2.15. The number of rotatable bonds is 9. The van der Waals surface area contributed by atoms with E-state index in [4.69, 9.17) is 11.5 Å². The van der Waals surface area contributed by atoms with Crippen LogP contribution < -0.4 is 22.1 Å². The molecule has 0 fully saturated rings. The number of carbonyl (C=O) groups is 3. The summed E-state index contributed by atoms with van der Waals surface area (Å²) in [5.41, 5.74) is 12.0. The number of hydrogen-bond donors (Lipinski definition) is 4. The van der Waals surface area contributed by atoms with Gasteiger partial charge in [0.05, 0.1) is 6.42 Å². The van der Waals surface area contributed by atoms with Crippen molar-refractivity contribution in [1.82, 2.24) is 10.6 Å². The molecule has 0 aliphatic heterocycles. The highest BCUT2D eigenvalue weighted by Crippen LogP contribution is 2.10. The SMILES string of the molecule is CC(C)(NC(=O)[C@H](Cc1ccc(CN)cc1)NC(=O)Cc1ccc(F)cc1)C(N)=O. The van der Waals surface area contributed by atoms with Gasteiger partial charge in [0.25, 0.3) is 0 Å². The molecule has 6 N–H and O–H groups in total. The number of hydrogen-bond acceptors (Lipinski definition) is 4. The van der Waals surface area contributed by atoms with E-state index in [1.807, 2.05) is 24.3 Å². The molecule has 30 heavy (non-hydrogen) atoms. The second-order valence-corrected chi connectivity index (χ2v) is 7.63. The molecule has 2 rings (SSSR count). The van der Waals surface area contributed by atoms with Gasteiger partial charge >= 0.3 is 0 Å². The summed E-state index contributed by atoms with van der Waals surface area (Å²) in [5.74, 6) is -2.03. The van der Waals surface area contributed by atoms with E-state index in [2.05, 4.69) is 10.6 Å². The van der Waals surface area contributed by atoms with E-state index in [9.17, 15) is 18.8 Å². The van der Waals surface area contributed by atoms with Crippen molar-refractivity contribution < 1.29 is 18.8 Å². The molecule has 0 aliphatic rings. The molecule has 0 heterocycles. The molecule has 0 saturated heterocycles. The van der Waals surface area contributed by atoms with E-state index in [-0.39, 0.29) is 12.8 Å². The Morgan fingerprint density at radius 3 is 2.03 bits per heavy atom. The highest BCUT2D eigenvalue weighted by molar-refractivity contribution is 5.93. The summed E-state index contributed by atoms with van der Waals surface area (Å²) >= 11 is 0. The van der Waals surface area contributed by atoms with Crippen molar-refractivity contribution in [3.8, 4) is 0 Å². The summed E-state index contributed by atoms with van der Waals surface area (Å²) in [6.45, 7) is 3.37. The summed E-state index contributed by atoms with van der Waals surface area (Å²) in [5, 5.41) is 5.27. The average molecular weight is 414 g/mol. The fourth-order valence-electron chi connectivity index (χ4n) is 2.75. The van der Waals surface area contributed by atoms with Gasteiger partial charge in [0.1, 0.15) is 17.4 Å². The minimum atomic E-state index is -1.28. The molecule has 0 unspecified atom stereocenters. The molecule has 0 aromatic heterocycles. The lowest BCUT2D eigenvalue weighted by atomic mass is 10.00. The first-order valence-electron chi connectivity index (χ1n) is 9.54. The molecule has 0 radical (unpaired) electrons. The lowest BCUT2D eigenvalue weighted by molar-refractivity contribution is -0.133. The van der Waals surface area contributed by atoms with E-state index in [0.29, 0.717) is 12.1 Å². The Labute approximate surface area is 175 Å². The number of amides is 3. The largest absolute Gasteiger partial charge is 0.368 e. The van der Waals surface area contributed by atoms with E-state index in [0.717, 1.165) is 11.1 Å². The van der Waals surface area contributed by atoms with Gasteiger partial charge in [-0.25, -0.2) is 4.39 Å². The van der Waals surface area contributed by atoms with Crippen LogP contribution in [0.3, 0.4) is 0 Å². The minimum Gasteiger partial charge on any atom is -0.368 e. The van der Waals surface area contributed by atoms with E-state index in [1.54, 1.807) is 0 Å². The predicted molar refractivity (Wildman–Crippen MR) is 111 cm³/mol. The highest BCUT2D eigenvalue weighted by Gasteiger charge is 2.31. The Kier molecular flexibility index (Phi) is 7.66. The number of primary amides is 1. The van der Waals surface area contributed by atoms with Gasteiger partial charge in [0.15, 0.2) is 0 Å². The van der Waals surface area contributed by atoms with Gasteiger partial charge in [-0.1, -0.05) is 36.4 Å². The summed E-state index contributed by atoms with van der Waals surface area (Å²) in [6.07, 6.45) is 0.191. The summed E-state index contributed by atoms with van der Waals surface area (Å²) in [6, 6.07) is 12.0. The maximum atomic E-state index is 13.1. The van der Waals surface area contributed by atoms with Gasteiger partial charge in [-0.2, -0.15) is 0 Å². The molecule has 0 bridgehead atoms. The molecule has 2 aromatic carbocycles. The number of nitrogens with one attached hydrogen (secondary N) is 2. The molecule has 0 aliphatic carbocycles. The van der Waals surface area contributed by atoms with Gasteiger partial charge in [0, 0.05) is 13.0 Å². The van der Waals surface area contributed by atoms with Gasteiger partial charge in [-0.05, 0) is 42.7 Å². The number of halogens is 1. The van der Waals surface area contributed by atoms with Crippen LogP contribution in [-0.4, -0.2) is 29.3 Å². The number of benzene rings is 2. The number of nitrogens with two attached hydrogens (primary N) is 2. The Hall–Kier alpha value is -3.26. The van der Waals surface area contributed by atoms with Gasteiger partial charge < -0.3 is 22.1 Å². The van der Waals surface area contributed by atoms with E-state index in [1.165, 1.54) is 38.1 Å². The first-order valence-corrected chi connectivity index (χ1v) is 9.54. The Morgan fingerprint density at radius 1 is 0.967 bits per heavy atom. The summed E-state index contributed by atoms with van der Waals surface area (Å²) in [4.78, 5) is 36.9. The maximum absolute atomic E-state index is 13.1. The maximum Gasteiger partial charge on any atom is 0.243 e. The van der Waals surface area contributed by atoms with Crippen LogP contribution in [0, 0.1) is 5.82 Å². The average Bonchev–Trinajstić information content (AvgIpc) is 2.69. The van der Waals surface area contributed by atoms with Gasteiger partial charge in [0.2, 0.25) is 17.7 Å². The Bertz CT molecular complexity index is 896. The van der Waals surface area contributed by atoms with Crippen molar-refractivity contribution in [2.45, 2.75) is 44.8 Å². The molecular formula is C22H27FN4O3. The molecule has 160 valence electrons. The van der Waals surface area contributed by atoms with Crippen molar-refractivity contribution in [2.75, 3.05) is 0 Å². The molecule has 2 aromatic rings. The van der Waals surface area contributed by atoms with Crippen molar-refractivity contribution in [1.29, 1.82) is 0 Å². The summed E-state index contributed by atoms with van der Waals surface area (Å²) < 4.78 is 13.1. The van der Waals surface area contributed by atoms with Crippen LogP contribution in [0.15, 0.2) is 48.5 Å². The standard InChI is InChI=1S/C22H27FN4O3/c1-22(2,21(25)30)27-20(29)18(11-14-3-5-16(13-24)6-4-14)26-19(28)12-15-7-9-17(23)10-8-15/h3-10,18H,11-13,24H2,1-2H3,(H2,25,30)(H,26,28)(H,27,29)/t18-/m0/s1. The molecule has 0 spiro atoms. The zero-order valence-corrected chi connectivity index (χ0v) is 17.1. The molecular weight excluding hydrogens is 387 g/mol. The van der Waals surface area contributed by atoms with Crippen molar-refractivity contribution >= 4 is 17.7 Å². The van der Waals surface area contributed by atoms with Crippen LogP contribution in [-0.2, 0) is 33.8 Å². The molecule has 8 heteroatoms. The monoisotopic (exact) mass is 414 g/mol. The van der Waals surface area contributed by atoms with Gasteiger partial charge in [-0.3, -0.25) is 14.4 Å². The van der Waals surface area contributed by atoms with Crippen LogP contribution in [0.4, 0.5) is 4.39 Å². The number of carbonyl (C=O) groups excluding carboxylic acids is 3. The first-order chi connectivity index (χ1) is 14.1. The Morgan fingerprint density at radius 2 is 1.50 bits per heavy atom. The smallest absolute Gasteiger partial charge is 0.243 e. The van der Waals surface area contributed by atoms with Crippen LogP contribution in [0.5, 0.6) is 0 Å². The summed E-state index contributed by atoms with van der Waals surface area (Å²) in [7, 11) is 0. The second kappa shape index (κ2) is 9.98. The van der Waals surface area contributed by atoms with Crippen molar-refractivity contribution in [2.24, 2.45) is 11.5 Å². The third kappa shape index (κ3) is 6.66. The normalized spacial score (nSPS) is 12.1. The van der Waals surface area contributed by atoms with Crippen molar-refractivity contribution in [3.63, 3.8) is 0 Å². The van der Waals surface area contributed by atoms with E-state index < -0.39 is 35.1 Å². The first kappa shape index (κ1) is 23.0. The third-order valence-electron chi connectivity index (χ3n) is 4.68. The molecule has 7 nitrogen and oxygen atoms in total. The molecule has 3 amide bonds. The quantitative estimate of drug-likeness (QED) is 0.487. The fourth-order valence-corrected chi connectivity index (χ4v) is 2.75. The lowest BCUT2D eigenvalue weighted by Crippen LogP contribution is -2.58. The minimum absolute atomic E-state index is 0.0185. The van der Waals surface area contributed by atoms with Crippen molar-refractivity contribution in [3.05, 3.63) is 71.0 Å². The predicted octanol–water partition coefficient (Wildman–Crippen LogP) is 0.935. The van der Waals surface area contributed by atoms with Crippen LogP contribution in [0.25, 0.3) is 0 Å². The molecule has 1 atom stereocenters. The fraction of sp³-hybridized carbons (Fsp3) is 0.318. The molecule has 0 saturated carbocycles. The zero-order chi connectivity index (χ0) is 22.3. The van der Waals surface area contributed by atoms with Crippen LogP contribution in [0.2, 0.25) is 0 Å². The van der Waals surface area contributed by atoms with Gasteiger partial charge in [-0.15, -0.1) is 0 Å². The topological polar surface area (TPSA) is 127 Å². The second-order valence-electron chi connectivity index (χ2n) is 7.63. The van der Waals surface area contributed by atoms with Crippen LogP contribution >= 0.6 is 0 Å². The highest BCUT2D eigenvalue weighted by atomic mass is 19.1. The van der Waals surface area contributed by atoms with Crippen LogP contribution in [0.1, 0.15) is 30.5 Å².